The van der Waals surface area contributed by atoms with Crippen LogP contribution >= 0.6 is 0 Å². The first-order chi connectivity index (χ1) is 9.55. The molecule has 0 fully saturated rings. The lowest BCUT2D eigenvalue weighted by molar-refractivity contribution is -0.0532. The standard InChI is InChI=1S/C18H38O2/c1-5-9-11-16(7-3)13-18(20,15-19)14-17(8-4)12-10-6-2/h16-17,19-20H,5-15H2,1-4H3. The number of hydrogen-bond donors (Lipinski definition) is 2. The van der Waals surface area contributed by atoms with Crippen molar-refractivity contribution in [1.29, 1.82) is 0 Å². The van der Waals surface area contributed by atoms with Crippen LogP contribution in [0.4, 0.5) is 0 Å². The molecule has 0 rings (SSSR count). The summed E-state index contributed by atoms with van der Waals surface area (Å²) in [5.74, 6) is 1.10. The monoisotopic (exact) mass is 286 g/mol. The third-order valence-corrected chi connectivity index (χ3v) is 4.72. The molecule has 0 aromatic heterocycles. The summed E-state index contributed by atoms with van der Waals surface area (Å²) in [6, 6.07) is 0. The van der Waals surface area contributed by atoms with E-state index in [1.807, 2.05) is 0 Å². The smallest absolute Gasteiger partial charge is 0.0882 e. The zero-order chi connectivity index (χ0) is 15.4. The van der Waals surface area contributed by atoms with Crippen molar-refractivity contribution in [3.63, 3.8) is 0 Å². The summed E-state index contributed by atoms with van der Waals surface area (Å²) in [6.07, 6.45) is 11.0. The quantitative estimate of drug-likeness (QED) is 0.504. The number of aliphatic hydroxyl groups excluding tert-OH is 1. The minimum absolute atomic E-state index is 0.0851. The normalized spacial score (nSPS) is 17.7. The van der Waals surface area contributed by atoms with E-state index >= 15 is 0 Å². The van der Waals surface area contributed by atoms with Crippen LogP contribution in [0.5, 0.6) is 0 Å². The summed E-state index contributed by atoms with van der Waals surface area (Å²) >= 11 is 0. The number of unbranched alkanes of at least 4 members (excludes halogenated alkanes) is 2. The number of hydrogen-bond acceptors (Lipinski definition) is 2. The molecule has 0 saturated heterocycles. The topological polar surface area (TPSA) is 40.5 Å². The second-order valence-corrected chi connectivity index (χ2v) is 6.62. The van der Waals surface area contributed by atoms with Crippen LogP contribution < -0.4 is 0 Å². The molecule has 0 heterocycles. The van der Waals surface area contributed by atoms with Crippen LogP contribution in [-0.2, 0) is 0 Å². The molecular weight excluding hydrogens is 248 g/mol. The van der Waals surface area contributed by atoms with Crippen molar-refractivity contribution in [2.24, 2.45) is 11.8 Å². The Morgan fingerprint density at radius 1 is 0.800 bits per heavy atom. The molecule has 0 aromatic rings. The predicted molar refractivity (Wildman–Crippen MR) is 87.9 cm³/mol. The lowest BCUT2D eigenvalue weighted by Crippen LogP contribution is -2.38. The van der Waals surface area contributed by atoms with Gasteiger partial charge in [0.25, 0.3) is 0 Å². The van der Waals surface area contributed by atoms with Gasteiger partial charge in [-0.1, -0.05) is 79.1 Å². The van der Waals surface area contributed by atoms with Gasteiger partial charge in [0.2, 0.25) is 0 Å². The molecule has 0 spiro atoms. The molecule has 20 heavy (non-hydrogen) atoms. The Morgan fingerprint density at radius 2 is 1.20 bits per heavy atom. The first-order valence-electron chi connectivity index (χ1n) is 8.88. The van der Waals surface area contributed by atoms with Crippen molar-refractivity contribution in [2.75, 3.05) is 6.61 Å². The fourth-order valence-electron chi connectivity index (χ4n) is 3.17. The van der Waals surface area contributed by atoms with E-state index in [1.165, 1.54) is 38.5 Å². The molecule has 0 saturated carbocycles. The van der Waals surface area contributed by atoms with Crippen LogP contribution in [0.2, 0.25) is 0 Å². The lowest BCUT2D eigenvalue weighted by atomic mass is 9.79. The van der Waals surface area contributed by atoms with E-state index in [2.05, 4.69) is 27.7 Å². The highest BCUT2D eigenvalue weighted by molar-refractivity contribution is 4.83. The average Bonchev–Trinajstić information content (AvgIpc) is 2.47. The van der Waals surface area contributed by atoms with Gasteiger partial charge in [-0.2, -0.15) is 0 Å². The first-order valence-corrected chi connectivity index (χ1v) is 8.88. The Morgan fingerprint density at radius 3 is 1.45 bits per heavy atom. The Labute approximate surface area is 127 Å². The van der Waals surface area contributed by atoms with Crippen molar-refractivity contribution in [1.82, 2.24) is 0 Å². The second-order valence-electron chi connectivity index (χ2n) is 6.62. The SMILES string of the molecule is CCCCC(CC)CC(O)(CO)CC(CC)CCCC. The highest BCUT2D eigenvalue weighted by Gasteiger charge is 2.31. The van der Waals surface area contributed by atoms with E-state index in [9.17, 15) is 10.2 Å². The summed E-state index contributed by atoms with van der Waals surface area (Å²) in [5, 5.41) is 20.4. The fraction of sp³-hybridized carbons (Fsp3) is 1.00. The number of aliphatic hydroxyl groups is 2. The zero-order valence-corrected chi connectivity index (χ0v) is 14.3. The van der Waals surface area contributed by atoms with Crippen molar-refractivity contribution < 1.29 is 10.2 Å². The molecule has 2 atom stereocenters. The molecule has 0 aliphatic heterocycles. The second kappa shape index (κ2) is 11.6. The molecule has 0 aliphatic carbocycles. The van der Waals surface area contributed by atoms with Gasteiger partial charge in [-0.05, 0) is 24.7 Å². The zero-order valence-electron chi connectivity index (χ0n) is 14.3. The third kappa shape index (κ3) is 8.26. The van der Waals surface area contributed by atoms with Crippen LogP contribution in [-0.4, -0.2) is 22.4 Å². The van der Waals surface area contributed by atoms with E-state index in [1.54, 1.807) is 0 Å². The molecule has 2 N–H and O–H groups in total. The van der Waals surface area contributed by atoms with Crippen LogP contribution in [0, 0.1) is 11.8 Å². The third-order valence-electron chi connectivity index (χ3n) is 4.72. The molecule has 2 nitrogen and oxygen atoms in total. The van der Waals surface area contributed by atoms with E-state index in [0.717, 1.165) is 25.7 Å². The number of rotatable bonds is 13. The van der Waals surface area contributed by atoms with Crippen LogP contribution in [0.15, 0.2) is 0 Å². The van der Waals surface area contributed by atoms with Gasteiger partial charge < -0.3 is 10.2 Å². The van der Waals surface area contributed by atoms with Gasteiger partial charge in [0.1, 0.15) is 0 Å². The minimum Gasteiger partial charge on any atom is -0.393 e. The summed E-state index contributed by atoms with van der Waals surface area (Å²) in [4.78, 5) is 0. The van der Waals surface area contributed by atoms with Gasteiger partial charge in [0, 0.05) is 0 Å². The molecule has 0 amide bonds. The molecular formula is C18H38O2. The van der Waals surface area contributed by atoms with Crippen LogP contribution in [0.25, 0.3) is 0 Å². The summed E-state index contributed by atoms with van der Waals surface area (Å²) < 4.78 is 0. The van der Waals surface area contributed by atoms with Gasteiger partial charge in [-0.3, -0.25) is 0 Å². The van der Waals surface area contributed by atoms with Crippen LogP contribution in [0.1, 0.15) is 91.9 Å². The van der Waals surface area contributed by atoms with E-state index in [4.69, 9.17) is 0 Å². The largest absolute Gasteiger partial charge is 0.393 e. The molecule has 2 heteroatoms. The maximum Gasteiger partial charge on any atom is 0.0882 e. The van der Waals surface area contributed by atoms with Crippen molar-refractivity contribution in [2.45, 2.75) is 97.5 Å². The molecule has 2 unspecified atom stereocenters. The summed E-state index contributed by atoms with van der Waals surface area (Å²) in [5.41, 5.74) is -0.858. The molecule has 122 valence electrons. The highest BCUT2D eigenvalue weighted by atomic mass is 16.3. The maximum absolute atomic E-state index is 10.8. The predicted octanol–water partition coefficient (Wildman–Crippen LogP) is 4.92. The van der Waals surface area contributed by atoms with Crippen molar-refractivity contribution in [3.8, 4) is 0 Å². The molecule has 0 aliphatic rings. The van der Waals surface area contributed by atoms with Gasteiger partial charge in [-0.15, -0.1) is 0 Å². The van der Waals surface area contributed by atoms with Gasteiger partial charge in [0.15, 0.2) is 0 Å². The van der Waals surface area contributed by atoms with Gasteiger partial charge in [0.05, 0.1) is 12.2 Å². The Balaban J connectivity index is 4.47. The Kier molecular flexibility index (Phi) is 11.5. The fourth-order valence-corrected chi connectivity index (χ4v) is 3.17. The van der Waals surface area contributed by atoms with Crippen molar-refractivity contribution >= 4 is 0 Å². The summed E-state index contributed by atoms with van der Waals surface area (Å²) in [6.45, 7) is 8.74. The van der Waals surface area contributed by atoms with E-state index in [-0.39, 0.29) is 6.61 Å². The van der Waals surface area contributed by atoms with E-state index in [0.29, 0.717) is 11.8 Å². The van der Waals surface area contributed by atoms with E-state index < -0.39 is 5.60 Å². The van der Waals surface area contributed by atoms with Crippen molar-refractivity contribution in [3.05, 3.63) is 0 Å². The minimum atomic E-state index is -0.858. The molecule has 0 aromatic carbocycles. The first kappa shape index (κ1) is 19.9. The Hall–Kier alpha value is -0.0800. The lowest BCUT2D eigenvalue weighted by Gasteiger charge is -2.33. The average molecular weight is 286 g/mol. The summed E-state index contributed by atoms with van der Waals surface area (Å²) in [7, 11) is 0. The molecule has 0 radical (unpaired) electrons. The van der Waals surface area contributed by atoms with Gasteiger partial charge >= 0.3 is 0 Å². The Bertz CT molecular complexity index is 197. The van der Waals surface area contributed by atoms with Crippen LogP contribution in [0.3, 0.4) is 0 Å². The maximum atomic E-state index is 10.8. The van der Waals surface area contributed by atoms with Gasteiger partial charge in [-0.25, -0.2) is 0 Å². The molecule has 0 bridgehead atoms. The highest BCUT2D eigenvalue weighted by Crippen LogP contribution is 2.31.